The molecule has 3 aliphatic rings. The fourth-order valence-electron chi connectivity index (χ4n) is 7.79. The number of nitrogens with one attached hydrogen (secondary N) is 5. The van der Waals surface area contributed by atoms with E-state index in [9.17, 15) is 63.3 Å². The van der Waals surface area contributed by atoms with Gasteiger partial charge in [0.05, 0.1) is 28.9 Å². The number of phenols is 2. The number of ketones is 3. The number of unbranched alkanes of at least 4 members (excludes halogenated alkanes) is 2. The number of hydrogen-bond acceptors (Lipinski definition) is 13. The first-order valence-electron chi connectivity index (χ1n) is 20.5. The molecule has 63 heavy (non-hydrogen) atoms. The molecule has 2 aromatic carbocycles. The molecule has 0 radical (unpaired) electrons. The van der Waals surface area contributed by atoms with Gasteiger partial charge < -0.3 is 47.6 Å². The zero-order chi connectivity index (χ0) is 46.3. The summed E-state index contributed by atoms with van der Waals surface area (Å²) in [7, 11) is 0. The number of rotatable bonds is 19. The lowest BCUT2D eigenvalue weighted by Crippen LogP contribution is -2.56. The number of fused-ring (bicyclic) bond motifs is 3. The second-order valence-corrected chi connectivity index (χ2v) is 16.1. The Morgan fingerprint density at radius 3 is 2.13 bits per heavy atom. The number of aliphatic hydroxyl groups is 1. The van der Waals surface area contributed by atoms with Gasteiger partial charge in [-0.15, -0.1) is 0 Å². The molecule has 336 valence electrons. The average Bonchev–Trinajstić information content (AvgIpc) is 3.55. The average molecular weight is 874 g/mol. The molecule has 20 heteroatoms. The molecule has 0 saturated heterocycles. The highest BCUT2D eigenvalue weighted by Crippen LogP contribution is 2.48. The van der Waals surface area contributed by atoms with E-state index in [2.05, 4.69) is 26.6 Å². The third-order valence-corrected chi connectivity index (χ3v) is 11.3. The summed E-state index contributed by atoms with van der Waals surface area (Å²) in [6.45, 7) is 4.12. The zero-order valence-corrected chi connectivity index (χ0v) is 35.1. The molecule has 5 rings (SSSR count). The largest absolute Gasteiger partial charge is 0.507 e. The zero-order valence-electron chi connectivity index (χ0n) is 35.1. The van der Waals surface area contributed by atoms with Gasteiger partial charge in [0.1, 0.15) is 29.2 Å². The van der Waals surface area contributed by atoms with Crippen molar-refractivity contribution in [2.45, 2.75) is 96.2 Å². The molecular weight excluding hydrogens is 823 g/mol. The van der Waals surface area contributed by atoms with E-state index < -0.39 is 112 Å². The van der Waals surface area contributed by atoms with E-state index in [1.807, 2.05) is 0 Å². The number of urea groups is 1. The van der Waals surface area contributed by atoms with E-state index in [0.29, 0.717) is 19.3 Å². The third-order valence-electron chi connectivity index (χ3n) is 11.3. The maximum Gasteiger partial charge on any atom is 0.312 e. The molecule has 0 spiro atoms. The Bertz CT molecular complexity index is 2290. The fraction of sp³-hybridized carbons (Fsp3) is 0.442. The molecular formula is C43H51N7O13. The van der Waals surface area contributed by atoms with Crippen LogP contribution in [0.4, 0.5) is 10.5 Å². The summed E-state index contributed by atoms with van der Waals surface area (Å²) in [5, 5.41) is 46.0. The summed E-state index contributed by atoms with van der Waals surface area (Å²) >= 11 is 0. The van der Waals surface area contributed by atoms with Gasteiger partial charge in [-0.25, -0.2) is 4.79 Å². The van der Waals surface area contributed by atoms with Gasteiger partial charge in [-0.1, -0.05) is 32.4 Å². The van der Waals surface area contributed by atoms with Gasteiger partial charge in [-0.3, -0.25) is 48.1 Å². The van der Waals surface area contributed by atoms with Crippen molar-refractivity contribution < 1.29 is 63.3 Å². The highest BCUT2D eigenvalue weighted by atomic mass is 16.3. The normalized spacial score (nSPS) is 17.3. The molecule has 3 atom stereocenters. The topological polar surface area (TPSA) is 321 Å². The molecule has 0 saturated carbocycles. The number of nitrogens with two attached hydrogens (primary N) is 1. The van der Waals surface area contributed by atoms with Crippen LogP contribution in [-0.2, 0) is 46.4 Å². The predicted octanol–water partition coefficient (Wildman–Crippen LogP) is 0.296. The molecule has 0 aromatic heterocycles. The molecule has 2 aliphatic carbocycles. The Labute approximate surface area is 361 Å². The number of amides is 8. The van der Waals surface area contributed by atoms with Crippen molar-refractivity contribution in [1.82, 2.24) is 26.2 Å². The molecule has 8 amide bonds. The fourth-order valence-corrected chi connectivity index (χ4v) is 7.79. The first-order chi connectivity index (χ1) is 29.7. The number of imide groups is 1. The molecule has 20 nitrogen and oxygen atoms in total. The van der Waals surface area contributed by atoms with Crippen LogP contribution in [0, 0.1) is 5.92 Å². The summed E-state index contributed by atoms with van der Waals surface area (Å²) in [6, 6.07) is 0.821. The van der Waals surface area contributed by atoms with E-state index in [1.165, 1.54) is 37.3 Å². The van der Waals surface area contributed by atoms with E-state index in [-0.39, 0.29) is 79.6 Å². The van der Waals surface area contributed by atoms with Crippen LogP contribution in [0.15, 0.2) is 30.4 Å². The molecule has 0 bridgehead atoms. The first-order valence-corrected chi connectivity index (χ1v) is 20.5. The molecule has 0 unspecified atom stereocenters. The number of benzene rings is 2. The highest BCUT2D eigenvalue weighted by molar-refractivity contribution is 6.32. The Morgan fingerprint density at radius 2 is 1.48 bits per heavy atom. The van der Waals surface area contributed by atoms with Crippen LogP contribution in [-0.4, -0.2) is 116 Å². The van der Waals surface area contributed by atoms with Crippen LogP contribution in [0.5, 0.6) is 11.5 Å². The minimum absolute atomic E-state index is 0.0298. The number of carbonyl (C=O) groups excluding carboxylic acids is 10. The van der Waals surface area contributed by atoms with Crippen LogP contribution in [0.25, 0.3) is 0 Å². The van der Waals surface area contributed by atoms with Crippen molar-refractivity contribution in [3.8, 4) is 11.5 Å². The van der Waals surface area contributed by atoms with Gasteiger partial charge >= 0.3 is 6.03 Å². The maximum atomic E-state index is 14.0. The summed E-state index contributed by atoms with van der Waals surface area (Å²) in [6.07, 6.45) is 3.40. The Kier molecular flexibility index (Phi) is 14.8. The number of aromatic hydroxyl groups is 2. The SMILES string of the molecule is CC(=O)[C@@]1(O)CCc2c(O)c3c(c(O)c2C1)C(=O)c1cccc(NC(=O)CNC(=O)[C@H](CCCNC(N)=O)NC(=O)[C@@H](NC(=O)CCCCCN2C(=O)C=CC2=O)C(C)C)c1C3=O. The number of nitrogens with zero attached hydrogens (tertiary/aromatic N) is 1. The second-order valence-electron chi connectivity index (χ2n) is 16.1. The lowest BCUT2D eigenvalue weighted by molar-refractivity contribution is -0.137. The number of hydrogen-bond donors (Lipinski definition) is 9. The van der Waals surface area contributed by atoms with Gasteiger partial charge in [0.2, 0.25) is 23.6 Å². The standard InChI is InChI=1S/C43H51N7O13/c1-21(2)35(49-28(52)12-5-4-6-18-50-30(54)13-14-31(50)55)41(61)48-27(11-8-17-45-42(44)62)40(60)46-20-29(53)47-26-10-7-9-24-32(26)39(59)34-33(37(24)57)38(58)25-19-43(63,22(3)51)16-15-23(25)36(34)56/h7,9-10,13-14,21,27,35,56,58,63H,4-6,8,11-12,15-20H2,1-3H3,(H,46,60)(H,47,53)(H,48,61)(H,49,52)(H3,44,45,62)/t27-,35-,43+/m0/s1. The van der Waals surface area contributed by atoms with Crippen molar-refractivity contribution in [3.05, 3.63) is 63.7 Å². The Hall–Kier alpha value is -6.96. The van der Waals surface area contributed by atoms with Crippen LogP contribution in [0.2, 0.25) is 0 Å². The monoisotopic (exact) mass is 873 g/mol. The van der Waals surface area contributed by atoms with Gasteiger partial charge in [0, 0.05) is 54.8 Å². The van der Waals surface area contributed by atoms with Crippen molar-refractivity contribution in [2.24, 2.45) is 11.7 Å². The lowest BCUT2D eigenvalue weighted by Gasteiger charge is -2.34. The molecule has 1 aliphatic heterocycles. The van der Waals surface area contributed by atoms with Gasteiger partial charge in [0.25, 0.3) is 11.8 Å². The Balaban J connectivity index is 1.23. The predicted molar refractivity (Wildman–Crippen MR) is 222 cm³/mol. The minimum atomic E-state index is -1.84. The number of carbonyl (C=O) groups is 10. The van der Waals surface area contributed by atoms with Crippen LogP contribution < -0.4 is 32.3 Å². The molecule has 0 fully saturated rings. The second kappa shape index (κ2) is 19.8. The number of Topliss-reactive ketones (excluding diaryl/α,β-unsaturated/α-hetero) is 1. The van der Waals surface area contributed by atoms with E-state index in [1.54, 1.807) is 13.8 Å². The van der Waals surface area contributed by atoms with Gasteiger partial charge in [-0.05, 0) is 57.4 Å². The van der Waals surface area contributed by atoms with Crippen LogP contribution in [0.3, 0.4) is 0 Å². The molecule has 2 aromatic rings. The molecule has 1 heterocycles. The van der Waals surface area contributed by atoms with E-state index in [4.69, 9.17) is 5.73 Å². The van der Waals surface area contributed by atoms with Crippen LogP contribution in [0.1, 0.15) is 109 Å². The van der Waals surface area contributed by atoms with Crippen molar-refractivity contribution >= 4 is 64.5 Å². The van der Waals surface area contributed by atoms with Crippen molar-refractivity contribution in [1.29, 1.82) is 0 Å². The Morgan fingerprint density at radius 1 is 0.810 bits per heavy atom. The van der Waals surface area contributed by atoms with E-state index in [0.717, 1.165) is 4.90 Å². The van der Waals surface area contributed by atoms with Crippen molar-refractivity contribution in [2.75, 3.05) is 25.0 Å². The van der Waals surface area contributed by atoms with Crippen LogP contribution >= 0.6 is 0 Å². The van der Waals surface area contributed by atoms with Crippen molar-refractivity contribution in [3.63, 3.8) is 0 Å². The smallest absolute Gasteiger partial charge is 0.312 e. The summed E-state index contributed by atoms with van der Waals surface area (Å²) in [4.78, 5) is 129. The summed E-state index contributed by atoms with van der Waals surface area (Å²) in [5.41, 5.74) is 1.70. The number of anilines is 1. The van der Waals surface area contributed by atoms with Gasteiger partial charge in [0.15, 0.2) is 17.3 Å². The number of primary amides is 1. The van der Waals surface area contributed by atoms with E-state index >= 15 is 0 Å². The highest BCUT2D eigenvalue weighted by Gasteiger charge is 2.44. The summed E-state index contributed by atoms with van der Waals surface area (Å²) < 4.78 is 0. The quantitative estimate of drug-likeness (QED) is 0.0445. The summed E-state index contributed by atoms with van der Waals surface area (Å²) in [5.74, 6) is -7.59. The number of phenolic OH excluding ortho intramolecular Hbond substituents is 2. The third kappa shape index (κ3) is 10.6. The minimum Gasteiger partial charge on any atom is -0.507 e. The van der Waals surface area contributed by atoms with Gasteiger partial charge in [-0.2, -0.15) is 0 Å². The molecule has 10 N–H and O–H groups in total. The lowest BCUT2D eigenvalue weighted by atomic mass is 9.73. The first kappa shape index (κ1) is 47.1. The maximum absolute atomic E-state index is 14.0.